The van der Waals surface area contributed by atoms with Crippen LogP contribution in [0.15, 0.2) is 69.9 Å². The van der Waals surface area contributed by atoms with Gasteiger partial charge in [-0.25, -0.2) is 9.18 Å². The Hall–Kier alpha value is -3.93. The van der Waals surface area contributed by atoms with Crippen molar-refractivity contribution in [1.82, 2.24) is 0 Å². The van der Waals surface area contributed by atoms with Crippen LogP contribution in [0.1, 0.15) is 40.0 Å². The van der Waals surface area contributed by atoms with Crippen LogP contribution in [-0.2, 0) is 0 Å². The summed E-state index contributed by atoms with van der Waals surface area (Å²) in [6, 6.07) is 15.8. The van der Waals surface area contributed by atoms with E-state index in [1.165, 1.54) is 18.2 Å². The number of para-hydroxylation sites is 1. The molecule has 0 aliphatic rings. The van der Waals surface area contributed by atoms with Gasteiger partial charge in [-0.05, 0) is 68.8 Å². The number of aryl methyl sites for hydroxylation is 1. The highest BCUT2D eigenvalue weighted by Crippen LogP contribution is 2.32. The van der Waals surface area contributed by atoms with Crippen LogP contribution in [0.5, 0.6) is 0 Å². The molecule has 0 aliphatic carbocycles. The molecule has 1 aromatic heterocycles. The number of fused-ring (bicyclic) bond motifs is 1. The summed E-state index contributed by atoms with van der Waals surface area (Å²) >= 11 is 0. The van der Waals surface area contributed by atoms with Gasteiger partial charge < -0.3 is 14.8 Å². The van der Waals surface area contributed by atoms with Crippen molar-refractivity contribution in [3.8, 4) is 11.3 Å². The lowest BCUT2D eigenvalue weighted by atomic mass is 9.98. The number of carboxylic acids is 1. The van der Waals surface area contributed by atoms with Gasteiger partial charge in [0.2, 0.25) is 0 Å². The van der Waals surface area contributed by atoms with Crippen molar-refractivity contribution in [3.05, 3.63) is 99.0 Å². The van der Waals surface area contributed by atoms with Crippen molar-refractivity contribution < 1.29 is 18.7 Å². The minimum atomic E-state index is -1.03. The van der Waals surface area contributed by atoms with E-state index in [-0.39, 0.29) is 22.9 Å². The Morgan fingerprint density at radius 2 is 1.75 bits per heavy atom. The molecule has 1 heterocycles. The van der Waals surface area contributed by atoms with Crippen LogP contribution in [0.3, 0.4) is 0 Å². The Kier molecular flexibility index (Phi) is 5.53. The molecular formula is C26H22FNO4. The second kappa shape index (κ2) is 8.30. The number of nitrogens with one attached hydrogen (secondary N) is 1. The predicted octanol–water partition coefficient (Wildman–Crippen LogP) is 6.09. The Balaban J connectivity index is 1.89. The second-order valence-electron chi connectivity index (χ2n) is 7.84. The van der Waals surface area contributed by atoms with E-state index >= 15 is 0 Å². The predicted molar refractivity (Wildman–Crippen MR) is 123 cm³/mol. The molecule has 0 spiro atoms. The first-order chi connectivity index (χ1) is 15.3. The van der Waals surface area contributed by atoms with E-state index in [0.717, 1.165) is 11.1 Å². The zero-order valence-corrected chi connectivity index (χ0v) is 17.9. The third-order valence-corrected chi connectivity index (χ3v) is 5.49. The highest BCUT2D eigenvalue weighted by Gasteiger charge is 2.20. The summed E-state index contributed by atoms with van der Waals surface area (Å²) in [6.45, 7) is 5.46. The van der Waals surface area contributed by atoms with E-state index in [9.17, 15) is 19.1 Å². The van der Waals surface area contributed by atoms with Gasteiger partial charge in [-0.3, -0.25) is 4.79 Å². The van der Waals surface area contributed by atoms with E-state index in [2.05, 4.69) is 5.32 Å². The zero-order chi connectivity index (χ0) is 23.0. The smallest absolute Gasteiger partial charge is 0.337 e. The van der Waals surface area contributed by atoms with E-state index in [1.807, 2.05) is 19.9 Å². The normalized spacial score (nSPS) is 12.0. The average Bonchev–Trinajstić information content (AvgIpc) is 2.77. The number of carboxylic acid groups (broad SMARTS) is 1. The summed E-state index contributed by atoms with van der Waals surface area (Å²) in [5.74, 6) is -1.03. The van der Waals surface area contributed by atoms with Gasteiger partial charge >= 0.3 is 5.97 Å². The molecule has 0 saturated carbocycles. The fraction of sp³-hybridized carbons (Fsp3) is 0.154. The first kappa shape index (κ1) is 21.3. The molecule has 3 aromatic carbocycles. The lowest BCUT2D eigenvalue weighted by Gasteiger charge is -2.20. The molecular weight excluding hydrogens is 409 g/mol. The molecule has 0 fully saturated rings. The Bertz CT molecular complexity index is 1390. The quantitative estimate of drug-likeness (QED) is 0.400. The summed E-state index contributed by atoms with van der Waals surface area (Å²) in [6.07, 6.45) is 0. The average molecular weight is 431 g/mol. The molecule has 5 nitrogen and oxygen atoms in total. The molecule has 32 heavy (non-hydrogen) atoms. The monoisotopic (exact) mass is 431 g/mol. The van der Waals surface area contributed by atoms with Gasteiger partial charge in [0.25, 0.3) is 0 Å². The number of hydrogen-bond acceptors (Lipinski definition) is 4. The molecule has 0 radical (unpaired) electrons. The number of carbonyl (C=O) groups is 1. The minimum absolute atomic E-state index is 0.153. The number of aromatic carboxylic acids is 1. The maximum Gasteiger partial charge on any atom is 0.337 e. The molecule has 0 saturated heterocycles. The molecule has 1 atom stereocenters. The summed E-state index contributed by atoms with van der Waals surface area (Å²) < 4.78 is 19.6. The van der Waals surface area contributed by atoms with Crippen LogP contribution >= 0.6 is 0 Å². The SMILES string of the molecule is Cc1cc([C@@H](C)Nc2ccccc2C(=O)O)c2oc(-c3ccc(F)cc3)c(C)c(=O)c2c1. The van der Waals surface area contributed by atoms with E-state index in [0.29, 0.717) is 33.5 Å². The summed E-state index contributed by atoms with van der Waals surface area (Å²) in [5, 5.41) is 13.2. The summed E-state index contributed by atoms with van der Waals surface area (Å²) in [4.78, 5) is 24.8. The van der Waals surface area contributed by atoms with Crippen LogP contribution in [0.25, 0.3) is 22.3 Å². The van der Waals surface area contributed by atoms with Crippen LogP contribution in [0.4, 0.5) is 10.1 Å². The third-order valence-electron chi connectivity index (χ3n) is 5.49. The van der Waals surface area contributed by atoms with Gasteiger partial charge in [0.05, 0.1) is 17.0 Å². The van der Waals surface area contributed by atoms with Crippen LogP contribution in [0.2, 0.25) is 0 Å². The van der Waals surface area contributed by atoms with E-state index < -0.39 is 5.97 Å². The Labute approximate surface area is 184 Å². The Morgan fingerprint density at radius 1 is 1.06 bits per heavy atom. The van der Waals surface area contributed by atoms with Crippen molar-refractivity contribution in [1.29, 1.82) is 0 Å². The third kappa shape index (κ3) is 3.87. The minimum Gasteiger partial charge on any atom is -0.478 e. The maximum atomic E-state index is 13.4. The van der Waals surface area contributed by atoms with E-state index in [1.54, 1.807) is 43.3 Å². The Morgan fingerprint density at radius 3 is 2.44 bits per heavy atom. The molecule has 0 unspecified atom stereocenters. The van der Waals surface area contributed by atoms with Gasteiger partial charge in [-0.15, -0.1) is 0 Å². The van der Waals surface area contributed by atoms with Crippen molar-refractivity contribution in [2.24, 2.45) is 0 Å². The van der Waals surface area contributed by atoms with Crippen LogP contribution in [-0.4, -0.2) is 11.1 Å². The molecule has 0 bridgehead atoms. The van der Waals surface area contributed by atoms with Crippen molar-refractivity contribution in [2.75, 3.05) is 5.32 Å². The second-order valence-corrected chi connectivity index (χ2v) is 7.84. The van der Waals surface area contributed by atoms with Crippen molar-refractivity contribution >= 4 is 22.6 Å². The first-order valence-corrected chi connectivity index (χ1v) is 10.2. The van der Waals surface area contributed by atoms with Gasteiger partial charge in [0.15, 0.2) is 5.43 Å². The zero-order valence-electron chi connectivity index (χ0n) is 17.9. The molecule has 4 rings (SSSR count). The number of hydrogen-bond donors (Lipinski definition) is 2. The number of rotatable bonds is 5. The topological polar surface area (TPSA) is 79.5 Å². The lowest BCUT2D eigenvalue weighted by molar-refractivity contribution is 0.0698. The van der Waals surface area contributed by atoms with Crippen molar-refractivity contribution in [3.63, 3.8) is 0 Å². The molecule has 0 aliphatic heterocycles. The van der Waals surface area contributed by atoms with Gasteiger partial charge in [-0.2, -0.15) is 0 Å². The molecule has 0 amide bonds. The molecule has 4 aromatic rings. The number of anilines is 1. The highest BCUT2D eigenvalue weighted by atomic mass is 19.1. The van der Waals surface area contributed by atoms with Crippen molar-refractivity contribution in [2.45, 2.75) is 26.8 Å². The fourth-order valence-electron chi connectivity index (χ4n) is 3.87. The van der Waals surface area contributed by atoms with Crippen LogP contribution < -0.4 is 10.7 Å². The molecule has 6 heteroatoms. The fourth-order valence-corrected chi connectivity index (χ4v) is 3.87. The van der Waals surface area contributed by atoms with Crippen LogP contribution in [0, 0.1) is 19.7 Å². The van der Waals surface area contributed by atoms with Gasteiger partial charge in [0, 0.05) is 22.4 Å². The summed E-state index contributed by atoms with van der Waals surface area (Å²) in [7, 11) is 0. The summed E-state index contributed by atoms with van der Waals surface area (Å²) in [5.41, 5.74) is 3.53. The van der Waals surface area contributed by atoms with E-state index in [4.69, 9.17) is 4.42 Å². The maximum absolute atomic E-state index is 13.4. The highest BCUT2D eigenvalue weighted by molar-refractivity contribution is 5.94. The largest absolute Gasteiger partial charge is 0.478 e. The number of benzene rings is 3. The molecule has 2 N–H and O–H groups in total. The lowest BCUT2D eigenvalue weighted by Crippen LogP contribution is -2.14. The van der Waals surface area contributed by atoms with Gasteiger partial charge in [0.1, 0.15) is 17.2 Å². The molecule has 162 valence electrons. The van der Waals surface area contributed by atoms with Gasteiger partial charge in [-0.1, -0.05) is 18.2 Å². The standard InChI is InChI=1S/C26H22FNO4/c1-14-12-20(16(3)28-22-7-5-4-6-19(22)26(30)31)25-21(13-14)23(29)15(2)24(32-25)17-8-10-18(27)11-9-17/h4-13,16,28H,1-3H3,(H,30,31)/t16-/m1/s1. The number of halogens is 1. The first-order valence-electron chi connectivity index (χ1n) is 10.2.